The number of ether oxygens (including phenoxy) is 4. The first-order chi connectivity index (χ1) is 11.8. The first kappa shape index (κ1) is 24.3. The Bertz CT molecular complexity index is 459. The topological polar surface area (TPSA) is 105 Å². The molecular formula is C16H30O8Si2. The molecule has 0 rings (SSSR count). The van der Waals surface area contributed by atoms with Crippen LogP contribution in [0.2, 0.25) is 51.4 Å². The summed E-state index contributed by atoms with van der Waals surface area (Å²) in [6.45, 7) is 13.1. The van der Waals surface area contributed by atoms with Gasteiger partial charge in [0.05, 0.1) is 26.1 Å². The highest BCUT2D eigenvalue weighted by Gasteiger charge is 2.19. The SMILES string of the molecule is C[Si](C)(C)CCOC(=O)OC(=O)CCC(=O)OC(=O)OCC[Si](C)(C)C. The van der Waals surface area contributed by atoms with E-state index in [0.717, 1.165) is 12.1 Å². The standard InChI is InChI=1S/C16H30O8Si2/c1-25(2,3)11-9-21-15(19)23-13(17)7-8-14(18)24-16(20)22-10-12-26(4,5)6/h7-12H2,1-6H3. The van der Waals surface area contributed by atoms with E-state index >= 15 is 0 Å². The molecule has 0 saturated carbocycles. The lowest BCUT2D eigenvalue weighted by Gasteiger charge is -2.15. The molecule has 150 valence electrons. The third-order valence-electron chi connectivity index (χ3n) is 3.07. The Kier molecular flexibility index (Phi) is 10.4. The Hall–Kier alpha value is -1.69. The molecule has 0 aliphatic rings. The zero-order chi connectivity index (χ0) is 20.4. The summed E-state index contributed by atoms with van der Waals surface area (Å²) >= 11 is 0. The highest BCUT2D eigenvalue weighted by molar-refractivity contribution is 6.76. The lowest BCUT2D eigenvalue weighted by molar-refractivity contribution is -0.146. The molecule has 0 N–H and O–H groups in total. The molecule has 0 aliphatic carbocycles. The molecule has 0 saturated heterocycles. The van der Waals surface area contributed by atoms with Crippen LogP contribution >= 0.6 is 0 Å². The highest BCUT2D eigenvalue weighted by atomic mass is 28.3. The molecule has 8 nitrogen and oxygen atoms in total. The maximum absolute atomic E-state index is 11.5. The van der Waals surface area contributed by atoms with Gasteiger partial charge in [0.25, 0.3) is 0 Å². The van der Waals surface area contributed by atoms with Crippen LogP contribution in [0.4, 0.5) is 9.59 Å². The van der Waals surface area contributed by atoms with Crippen LogP contribution in [0.25, 0.3) is 0 Å². The van der Waals surface area contributed by atoms with Gasteiger partial charge in [-0.15, -0.1) is 0 Å². The minimum atomic E-state index is -1.35. The summed E-state index contributed by atoms with van der Waals surface area (Å²) < 4.78 is 18.4. The van der Waals surface area contributed by atoms with Crippen LogP contribution in [0.5, 0.6) is 0 Å². The van der Waals surface area contributed by atoms with Crippen molar-refractivity contribution in [2.75, 3.05) is 13.2 Å². The lowest BCUT2D eigenvalue weighted by atomic mass is 10.3. The summed E-state index contributed by atoms with van der Waals surface area (Å²) in [5, 5.41) is 0. The number of hydrogen-bond donors (Lipinski definition) is 0. The van der Waals surface area contributed by atoms with E-state index in [4.69, 9.17) is 9.47 Å². The largest absolute Gasteiger partial charge is 0.516 e. The summed E-state index contributed by atoms with van der Waals surface area (Å²) in [5.74, 6) is -1.85. The van der Waals surface area contributed by atoms with Crippen molar-refractivity contribution in [3.8, 4) is 0 Å². The Morgan fingerprint density at radius 2 is 0.923 bits per heavy atom. The van der Waals surface area contributed by atoms with Crippen molar-refractivity contribution in [3.63, 3.8) is 0 Å². The van der Waals surface area contributed by atoms with E-state index in [0.29, 0.717) is 0 Å². The van der Waals surface area contributed by atoms with Crippen LogP contribution in [-0.2, 0) is 28.5 Å². The smallest absolute Gasteiger partial charge is 0.434 e. The van der Waals surface area contributed by atoms with Crippen molar-refractivity contribution in [1.82, 2.24) is 0 Å². The molecule has 0 heterocycles. The van der Waals surface area contributed by atoms with Crippen LogP contribution in [0, 0.1) is 0 Å². The summed E-state index contributed by atoms with van der Waals surface area (Å²) in [5.41, 5.74) is 0. The van der Waals surface area contributed by atoms with Gasteiger partial charge in [-0.3, -0.25) is 9.59 Å². The van der Waals surface area contributed by atoms with Crippen molar-refractivity contribution in [2.24, 2.45) is 0 Å². The van der Waals surface area contributed by atoms with E-state index in [1.54, 1.807) is 0 Å². The number of esters is 2. The van der Waals surface area contributed by atoms with Gasteiger partial charge >= 0.3 is 24.2 Å². The number of hydrogen-bond acceptors (Lipinski definition) is 8. The monoisotopic (exact) mass is 406 g/mol. The van der Waals surface area contributed by atoms with Gasteiger partial charge in [-0.05, 0) is 12.1 Å². The zero-order valence-corrected chi connectivity index (χ0v) is 18.5. The third kappa shape index (κ3) is 15.8. The van der Waals surface area contributed by atoms with Crippen molar-refractivity contribution < 1.29 is 38.1 Å². The maximum Gasteiger partial charge on any atom is 0.516 e. The molecular weight excluding hydrogens is 376 g/mol. The van der Waals surface area contributed by atoms with E-state index in [1.165, 1.54) is 0 Å². The van der Waals surface area contributed by atoms with Gasteiger partial charge in [0.1, 0.15) is 0 Å². The molecule has 0 unspecified atom stereocenters. The van der Waals surface area contributed by atoms with Crippen LogP contribution in [0.1, 0.15) is 12.8 Å². The van der Waals surface area contributed by atoms with E-state index < -0.39 is 53.2 Å². The molecule has 0 spiro atoms. The molecule has 0 fully saturated rings. The van der Waals surface area contributed by atoms with Gasteiger partial charge < -0.3 is 18.9 Å². The van der Waals surface area contributed by atoms with E-state index in [-0.39, 0.29) is 13.2 Å². The summed E-state index contributed by atoms with van der Waals surface area (Å²) in [7, 11) is -2.70. The second-order valence-electron chi connectivity index (χ2n) is 8.27. The molecule has 0 aliphatic heterocycles. The van der Waals surface area contributed by atoms with Crippen molar-refractivity contribution in [2.45, 2.75) is 64.2 Å². The Labute approximate surface area is 156 Å². The van der Waals surface area contributed by atoms with E-state index in [1.807, 2.05) is 0 Å². The molecule has 0 bridgehead atoms. The molecule has 0 amide bonds. The van der Waals surface area contributed by atoms with Crippen molar-refractivity contribution >= 4 is 40.4 Å². The van der Waals surface area contributed by atoms with Gasteiger partial charge in [0, 0.05) is 16.1 Å². The quantitative estimate of drug-likeness (QED) is 0.323. The fraction of sp³-hybridized carbons (Fsp3) is 0.750. The van der Waals surface area contributed by atoms with Gasteiger partial charge in [0.15, 0.2) is 0 Å². The molecule has 0 radical (unpaired) electrons. The van der Waals surface area contributed by atoms with Gasteiger partial charge in [-0.1, -0.05) is 39.3 Å². The molecule has 26 heavy (non-hydrogen) atoms. The summed E-state index contributed by atoms with van der Waals surface area (Å²) in [6.07, 6.45) is -2.98. The average molecular weight is 407 g/mol. The summed E-state index contributed by atoms with van der Waals surface area (Å²) in [6, 6.07) is 1.50. The Morgan fingerprint density at radius 3 is 1.19 bits per heavy atom. The minimum Gasteiger partial charge on any atom is -0.434 e. The third-order valence-corrected chi connectivity index (χ3v) is 6.48. The number of carbonyl (C=O) groups is 4. The van der Waals surface area contributed by atoms with Gasteiger partial charge in [-0.2, -0.15) is 0 Å². The zero-order valence-electron chi connectivity index (χ0n) is 16.5. The van der Waals surface area contributed by atoms with Crippen LogP contribution < -0.4 is 0 Å². The van der Waals surface area contributed by atoms with E-state index in [9.17, 15) is 19.2 Å². The second kappa shape index (κ2) is 11.1. The predicted octanol–water partition coefficient (Wildman–Crippen LogP) is 3.80. The molecule has 0 aromatic heterocycles. The Balaban J connectivity index is 3.92. The predicted molar refractivity (Wildman–Crippen MR) is 100 cm³/mol. The first-order valence-corrected chi connectivity index (χ1v) is 15.9. The highest BCUT2D eigenvalue weighted by Crippen LogP contribution is 2.09. The average Bonchev–Trinajstić information content (AvgIpc) is 2.42. The second-order valence-corrected chi connectivity index (χ2v) is 19.5. The number of rotatable bonds is 9. The van der Waals surface area contributed by atoms with Gasteiger partial charge in [0.2, 0.25) is 0 Å². The minimum absolute atomic E-state index is 0.188. The molecule has 10 heteroatoms. The number of carbonyl (C=O) groups excluding carboxylic acids is 4. The van der Waals surface area contributed by atoms with Crippen LogP contribution in [0.3, 0.4) is 0 Å². The van der Waals surface area contributed by atoms with Crippen LogP contribution in [0.15, 0.2) is 0 Å². The van der Waals surface area contributed by atoms with Crippen molar-refractivity contribution in [3.05, 3.63) is 0 Å². The van der Waals surface area contributed by atoms with E-state index in [2.05, 4.69) is 48.8 Å². The maximum atomic E-state index is 11.5. The van der Waals surface area contributed by atoms with Gasteiger partial charge in [-0.25, -0.2) is 9.59 Å². The van der Waals surface area contributed by atoms with Crippen LogP contribution in [-0.4, -0.2) is 53.6 Å². The summed E-state index contributed by atoms with van der Waals surface area (Å²) in [4.78, 5) is 45.6. The fourth-order valence-electron chi connectivity index (χ4n) is 1.43. The molecule has 0 aromatic rings. The molecule has 0 aromatic carbocycles. The molecule has 0 atom stereocenters. The van der Waals surface area contributed by atoms with Crippen molar-refractivity contribution in [1.29, 1.82) is 0 Å². The normalized spacial score (nSPS) is 11.5. The Morgan fingerprint density at radius 1 is 0.615 bits per heavy atom. The first-order valence-electron chi connectivity index (χ1n) is 8.53. The lowest BCUT2D eigenvalue weighted by Crippen LogP contribution is -2.24. The fourth-order valence-corrected chi connectivity index (χ4v) is 2.86.